The lowest BCUT2D eigenvalue weighted by Crippen LogP contribution is -2.45. The van der Waals surface area contributed by atoms with Crippen LogP contribution in [0.4, 0.5) is 4.39 Å². The third-order valence-electron chi connectivity index (χ3n) is 6.03. The zero-order chi connectivity index (χ0) is 21.0. The van der Waals surface area contributed by atoms with Crippen LogP contribution in [0.3, 0.4) is 0 Å². The predicted octanol–water partition coefficient (Wildman–Crippen LogP) is 5.08. The van der Waals surface area contributed by atoms with Crippen molar-refractivity contribution in [1.82, 2.24) is 14.8 Å². The van der Waals surface area contributed by atoms with Crippen molar-refractivity contribution in [2.75, 3.05) is 0 Å². The van der Waals surface area contributed by atoms with Crippen LogP contribution in [0, 0.1) is 6.92 Å². The minimum atomic E-state index is -0.878. The maximum atomic E-state index is 14.0. The van der Waals surface area contributed by atoms with Crippen molar-refractivity contribution in [3.05, 3.63) is 80.6 Å². The van der Waals surface area contributed by atoms with Crippen LogP contribution in [0.15, 0.2) is 62.7 Å². The molecule has 2 heterocycles. The summed E-state index contributed by atoms with van der Waals surface area (Å²) in [6, 6.07) is 11.4. The highest BCUT2D eigenvalue weighted by atomic mass is 79.9. The van der Waals surface area contributed by atoms with E-state index < -0.39 is 11.6 Å². The second-order valence-electron chi connectivity index (χ2n) is 8.01. The van der Waals surface area contributed by atoms with Crippen molar-refractivity contribution in [1.29, 1.82) is 0 Å². The minimum absolute atomic E-state index is 0.0949. The van der Waals surface area contributed by atoms with E-state index in [9.17, 15) is 9.18 Å². The summed E-state index contributed by atoms with van der Waals surface area (Å²) in [5.74, 6) is 0.735. The van der Waals surface area contributed by atoms with Gasteiger partial charge in [0.15, 0.2) is 0 Å². The summed E-state index contributed by atoms with van der Waals surface area (Å²) in [7, 11) is 1.87. The van der Waals surface area contributed by atoms with Crippen molar-refractivity contribution in [2.24, 2.45) is 7.05 Å². The van der Waals surface area contributed by atoms with E-state index in [-0.39, 0.29) is 5.43 Å². The van der Waals surface area contributed by atoms with Gasteiger partial charge in [0.25, 0.3) is 0 Å². The molecule has 0 saturated heterocycles. The third kappa shape index (κ3) is 2.83. The second-order valence-corrected chi connectivity index (χ2v) is 8.93. The van der Waals surface area contributed by atoms with E-state index in [1.807, 2.05) is 48.9 Å². The molecular weight excluding hydrogens is 449 g/mol. The number of hydrogen-bond donors (Lipinski definition) is 0. The summed E-state index contributed by atoms with van der Waals surface area (Å²) < 4.78 is 22.5. The zero-order valence-electron chi connectivity index (χ0n) is 16.5. The Hall–Kier alpha value is -2.80. The van der Waals surface area contributed by atoms with E-state index in [4.69, 9.17) is 4.42 Å². The second kappa shape index (κ2) is 6.87. The zero-order valence-corrected chi connectivity index (χ0v) is 18.1. The monoisotopic (exact) mass is 467 g/mol. The largest absolute Gasteiger partial charge is 0.463 e. The molecule has 5 rings (SSSR count). The number of nitrogens with zero attached hydrogens (tertiary/aromatic N) is 3. The van der Waals surface area contributed by atoms with Gasteiger partial charge in [-0.15, -0.1) is 10.2 Å². The molecule has 0 aliphatic heterocycles. The van der Waals surface area contributed by atoms with Gasteiger partial charge in [-0.05, 0) is 54.7 Å². The molecule has 0 N–H and O–H groups in total. The van der Waals surface area contributed by atoms with Gasteiger partial charge in [-0.25, -0.2) is 4.39 Å². The number of aromatic nitrogens is 3. The van der Waals surface area contributed by atoms with Gasteiger partial charge >= 0.3 is 0 Å². The summed E-state index contributed by atoms with van der Waals surface area (Å²) >= 11 is 3.46. The van der Waals surface area contributed by atoms with Gasteiger partial charge in [0, 0.05) is 11.5 Å². The summed E-state index contributed by atoms with van der Waals surface area (Å²) in [6.45, 7) is 1.91. The summed E-state index contributed by atoms with van der Waals surface area (Å²) in [4.78, 5) is 13.2. The molecule has 0 radical (unpaired) electrons. The van der Waals surface area contributed by atoms with Crippen LogP contribution < -0.4 is 5.43 Å². The van der Waals surface area contributed by atoms with Gasteiger partial charge in [0.2, 0.25) is 5.43 Å². The summed E-state index contributed by atoms with van der Waals surface area (Å²) in [5.41, 5.74) is 2.98. The Morgan fingerprint density at radius 3 is 2.77 bits per heavy atom. The number of hydrogen-bond acceptors (Lipinski definition) is 4. The van der Waals surface area contributed by atoms with Crippen molar-refractivity contribution >= 4 is 26.9 Å². The molecular formula is C23H19BrFN3O2. The fourth-order valence-corrected chi connectivity index (χ4v) is 5.09. The maximum Gasteiger partial charge on any atom is 0.200 e. The quantitative estimate of drug-likeness (QED) is 0.421. The molecule has 5 nitrogen and oxygen atoms in total. The number of alkyl halides is 1. The first-order chi connectivity index (χ1) is 14.4. The molecule has 0 amide bonds. The SMILES string of the molecule is Cc1cc(Br)cc2c(=O)c(-c3cccc(C4(c5nncn5C)CC(F)C4)c3)coc12. The number of rotatable bonds is 3. The van der Waals surface area contributed by atoms with Crippen molar-refractivity contribution < 1.29 is 8.81 Å². The molecule has 2 aromatic carbocycles. The van der Waals surface area contributed by atoms with Gasteiger partial charge in [0.1, 0.15) is 30.2 Å². The highest BCUT2D eigenvalue weighted by molar-refractivity contribution is 9.10. The lowest BCUT2D eigenvalue weighted by molar-refractivity contribution is 0.114. The molecule has 1 aliphatic rings. The molecule has 0 unspecified atom stereocenters. The molecule has 2 aromatic heterocycles. The van der Waals surface area contributed by atoms with E-state index in [0.29, 0.717) is 29.4 Å². The first-order valence-electron chi connectivity index (χ1n) is 9.70. The Morgan fingerprint density at radius 1 is 1.27 bits per heavy atom. The van der Waals surface area contributed by atoms with E-state index in [2.05, 4.69) is 26.1 Å². The van der Waals surface area contributed by atoms with E-state index in [1.165, 1.54) is 6.26 Å². The van der Waals surface area contributed by atoms with Crippen molar-refractivity contribution in [3.8, 4) is 11.1 Å². The van der Waals surface area contributed by atoms with E-state index >= 15 is 0 Å². The van der Waals surface area contributed by atoms with Gasteiger partial charge in [-0.3, -0.25) is 4.79 Å². The molecule has 0 bridgehead atoms. The van der Waals surface area contributed by atoms with Gasteiger partial charge < -0.3 is 8.98 Å². The van der Waals surface area contributed by atoms with Crippen LogP contribution in [0.5, 0.6) is 0 Å². The Bertz CT molecular complexity index is 1340. The van der Waals surface area contributed by atoms with Crippen LogP contribution in [0.1, 0.15) is 29.8 Å². The lowest BCUT2D eigenvalue weighted by Gasteiger charge is -2.43. The number of benzene rings is 2. The number of fused-ring (bicyclic) bond motifs is 1. The van der Waals surface area contributed by atoms with Crippen molar-refractivity contribution in [3.63, 3.8) is 0 Å². The molecule has 4 aromatic rings. The van der Waals surface area contributed by atoms with Crippen LogP contribution in [0.2, 0.25) is 0 Å². The maximum absolute atomic E-state index is 14.0. The Labute approximate surface area is 180 Å². The minimum Gasteiger partial charge on any atom is -0.463 e. The van der Waals surface area contributed by atoms with E-state index in [0.717, 1.165) is 27.0 Å². The molecule has 30 heavy (non-hydrogen) atoms. The standard InChI is InChI=1S/C23H19BrFN3O2/c1-13-6-16(24)8-18-20(29)19(11-30-21(13)18)14-4-3-5-15(7-14)23(9-17(25)10-23)22-27-26-12-28(22)2/h3-8,11-12,17H,9-10H2,1-2H3. The van der Waals surface area contributed by atoms with Crippen LogP contribution in [-0.2, 0) is 12.5 Å². The fraction of sp³-hybridized carbons (Fsp3) is 0.261. The molecule has 7 heteroatoms. The average molecular weight is 468 g/mol. The Kier molecular flexibility index (Phi) is 4.39. The lowest BCUT2D eigenvalue weighted by atomic mass is 9.62. The smallest absolute Gasteiger partial charge is 0.200 e. The Morgan fingerprint density at radius 2 is 2.07 bits per heavy atom. The summed E-state index contributed by atoms with van der Waals surface area (Å²) in [6.07, 6.45) is 2.96. The molecule has 1 saturated carbocycles. The highest BCUT2D eigenvalue weighted by Gasteiger charge is 2.50. The van der Waals surface area contributed by atoms with Crippen LogP contribution >= 0.6 is 15.9 Å². The highest BCUT2D eigenvalue weighted by Crippen LogP contribution is 2.50. The molecule has 0 atom stereocenters. The first-order valence-corrected chi connectivity index (χ1v) is 10.5. The van der Waals surface area contributed by atoms with Crippen molar-refractivity contribution in [2.45, 2.75) is 31.4 Å². The number of halogens is 2. The molecule has 1 aliphatic carbocycles. The number of aryl methyl sites for hydroxylation is 2. The Balaban J connectivity index is 1.67. The van der Waals surface area contributed by atoms with E-state index in [1.54, 1.807) is 12.4 Å². The topological polar surface area (TPSA) is 60.9 Å². The third-order valence-corrected chi connectivity index (χ3v) is 6.49. The van der Waals surface area contributed by atoms with Crippen LogP contribution in [0.25, 0.3) is 22.1 Å². The normalized spacial score (nSPS) is 21.0. The molecule has 0 spiro atoms. The molecule has 152 valence electrons. The van der Waals surface area contributed by atoms with Gasteiger partial charge in [-0.1, -0.05) is 34.1 Å². The predicted molar refractivity (Wildman–Crippen MR) is 116 cm³/mol. The van der Waals surface area contributed by atoms with Gasteiger partial charge in [0.05, 0.1) is 16.4 Å². The van der Waals surface area contributed by atoms with Crippen LogP contribution in [-0.4, -0.2) is 20.9 Å². The average Bonchev–Trinajstić information content (AvgIpc) is 3.12. The molecule has 1 fully saturated rings. The summed E-state index contributed by atoms with van der Waals surface area (Å²) in [5, 5.41) is 8.78. The van der Waals surface area contributed by atoms with Gasteiger partial charge in [-0.2, -0.15) is 0 Å². The fourth-order valence-electron chi connectivity index (χ4n) is 4.52. The first kappa shape index (κ1) is 19.2.